The molecule has 3 rings (SSSR count). The molecule has 4 heteroatoms. The van der Waals surface area contributed by atoms with Crippen molar-refractivity contribution in [2.75, 3.05) is 6.61 Å². The van der Waals surface area contributed by atoms with Gasteiger partial charge in [0.15, 0.2) is 0 Å². The van der Waals surface area contributed by atoms with Crippen molar-refractivity contribution < 1.29 is 4.74 Å². The molecular formula is C12H13N3O. The van der Waals surface area contributed by atoms with Crippen molar-refractivity contribution in [3.8, 4) is 17.0 Å². The van der Waals surface area contributed by atoms with E-state index in [9.17, 15) is 0 Å². The van der Waals surface area contributed by atoms with E-state index in [4.69, 9.17) is 4.74 Å². The molecule has 1 aliphatic heterocycles. The Morgan fingerprint density at radius 3 is 3.19 bits per heavy atom. The number of hydrogen-bond donors (Lipinski definition) is 0. The van der Waals surface area contributed by atoms with Gasteiger partial charge in [0.25, 0.3) is 0 Å². The zero-order chi connectivity index (χ0) is 11.0. The quantitative estimate of drug-likeness (QED) is 0.768. The van der Waals surface area contributed by atoms with Crippen LogP contribution in [0, 0.1) is 0 Å². The summed E-state index contributed by atoms with van der Waals surface area (Å²) in [6.07, 6.45) is 2.95. The molecule has 0 aliphatic carbocycles. The number of benzene rings is 1. The van der Waals surface area contributed by atoms with E-state index in [-0.39, 0.29) is 0 Å². The van der Waals surface area contributed by atoms with E-state index in [1.165, 1.54) is 5.56 Å². The van der Waals surface area contributed by atoms with Crippen LogP contribution in [0.1, 0.15) is 12.5 Å². The maximum absolute atomic E-state index is 5.65. The molecule has 2 heterocycles. The van der Waals surface area contributed by atoms with Gasteiger partial charge in [-0.3, -0.25) is 4.68 Å². The number of rotatable bonds is 2. The standard InChI is InChI=1S/C12H13N3O/c1-2-15-8-11(13-14-15)10-5-3-4-9-6-7-16-12(9)10/h3-5,8H,2,6-7H2,1H3. The van der Waals surface area contributed by atoms with Crippen molar-refractivity contribution in [1.82, 2.24) is 15.0 Å². The summed E-state index contributed by atoms with van der Waals surface area (Å²) in [5, 5.41) is 8.22. The summed E-state index contributed by atoms with van der Waals surface area (Å²) >= 11 is 0. The number of para-hydroxylation sites is 1. The average Bonchev–Trinajstić information content (AvgIpc) is 2.97. The molecule has 0 amide bonds. The van der Waals surface area contributed by atoms with E-state index in [1.54, 1.807) is 0 Å². The van der Waals surface area contributed by atoms with Crippen molar-refractivity contribution in [2.45, 2.75) is 19.9 Å². The summed E-state index contributed by atoms with van der Waals surface area (Å²) in [6.45, 7) is 3.65. The third kappa shape index (κ3) is 1.38. The summed E-state index contributed by atoms with van der Waals surface area (Å²) < 4.78 is 7.47. The number of aromatic nitrogens is 3. The highest BCUT2D eigenvalue weighted by Crippen LogP contribution is 2.35. The molecule has 4 nitrogen and oxygen atoms in total. The summed E-state index contributed by atoms with van der Waals surface area (Å²) in [4.78, 5) is 0. The zero-order valence-electron chi connectivity index (χ0n) is 9.18. The van der Waals surface area contributed by atoms with Crippen LogP contribution in [-0.2, 0) is 13.0 Å². The van der Waals surface area contributed by atoms with Gasteiger partial charge in [-0.25, -0.2) is 0 Å². The molecule has 0 atom stereocenters. The van der Waals surface area contributed by atoms with E-state index in [0.29, 0.717) is 0 Å². The molecule has 0 spiro atoms. The molecular weight excluding hydrogens is 202 g/mol. The van der Waals surface area contributed by atoms with Crippen LogP contribution in [0.25, 0.3) is 11.3 Å². The molecule has 0 bridgehead atoms. The fourth-order valence-corrected chi connectivity index (χ4v) is 1.99. The van der Waals surface area contributed by atoms with Crippen molar-refractivity contribution >= 4 is 0 Å². The number of fused-ring (bicyclic) bond motifs is 1. The topological polar surface area (TPSA) is 39.9 Å². The average molecular weight is 215 g/mol. The van der Waals surface area contributed by atoms with Gasteiger partial charge in [-0.2, -0.15) is 0 Å². The Kier molecular flexibility index (Phi) is 2.13. The van der Waals surface area contributed by atoms with Crippen LogP contribution in [0.5, 0.6) is 5.75 Å². The van der Waals surface area contributed by atoms with Crippen LogP contribution < -0.4 is 4.74 Å². The van der Waals surface area contributed by atoms with Gasteiger partial charge in [-0.15, -0.1) is 5.10 Å². The van der Waals surface area contributed by atoms with Gasteiger partial charge in [0, 0.05) is 18.5 Å². The Labute approximate surface area is 93.9 Å². The molecule has 0 radical (unpaired) electrons. The first-order valence-electron chi connectivity index (χ1n) is 5.53. The van der Waals surface area contributed by atoms with Gasteiger partial charge in [0.2, 0.25) is 0 Å². The predicted octanol–water partition coefficient (Wildman–Crippen LogP) is 1.90. The second-order valence-corrected chi connectivity index (χ2v) is 3.85. The Hall–Kier alpha value is -1.84. The van der Waals surface area contributed by atoms with Crippen LogP contribution in [0.3, 0.4) is 0 Å². The van der Waals surface area contributed by atoms with E-state index < -0.39 is 0 Å². The number of ether oxygens (including phenoxy) is 1. The van der Waals surface area contributed by atoms with Gasteiger partial charge in [0.1, 0.15) is 11.4 Å². The first-order chi connectivity index (χ1) is 7.88. The molecule has 0 saturated carbocycles. The molecule has 16 heavy (non-hydrogen) atoms. The van der Waals surface area contributed by atoms with Crippen molar-refractivity contribution in [3.63, 3.8) is 0 Å². The largest absolute Gasteiger partial charge is 0.492 e. The molecule has 1 aromatic carbocycles. The first kappa shape index (κ1) is 9.39. The monoisotopic (exact) mass is 215 g/mol. The lowest BCUT2D eigenvalue weighted by molar-refractivity contribution is 0.358. The van der Waals surface area contributed by atoms with Gasteiger partial charge < -0.3 is 4.74 Å². The minimum Gasteiger partial charge on any atom is -0.492 e. The highest BCUT2D eigenvalue weighted by atomic mass is 16.5. The fraction of sp³-hybridized carbons (Fsp3) is 0.333. The highest BCUT2D eigenvalue weighted by Gasteiger charge is 2.18. The Morgan fingerprint density at radius 2 is 2.38 bits per heavy atom. The van der Waals surface area contributed by atoms with Crippen LogP contribution >= 0.6 is 0 Å². The molecule has 0 saturated heterocycles. The minimum atomic E-state index is 0.772. The number of nitrogens with zero attached hydrogens (tertiary/aromatic N) is 3. The van der Waals surface area contributed by atoms with Crippen molar-refractivity contribution in [1.29, 1.82) is 0 Å². The second-order valence-electron chi connectivity index (χ2n) is 3.85. The molecule has 82 valence electrons. The molecule has 0 N–H and O–H groups in total. The molecule has 1 aliphatic rings. The Morgan fingerprint density at radius 1 is 1.44 bits per heavy atom. The van der Waals surface area contributed by atoms with E-state index >= 15 is 0 Å². The highest BCUT2D eigenvalue weighted by molar-refractivity contribution is 5.69. The van der Waals surface area contributed by atoms with Crippen LogP contribution in [0.2, 0.25) is 0 Å². The SMILES string of the molecule is CCn1cc(-c2cccc3c2OCC3)nn1. The first-order valence-corrected chi connectivity index (χ1v) is 5.53. The smallest absolute Gasteiger partial charge is 0.132 e. The lowest BCUT2D eigenvalue weighted by Gasteiger charge is -2.04. The van der Waals surface area contributed by atoms with E-state index in [1.807, 2.05) is 29.9 Å². The molecule has 2 aromatic rings. The zero-order valence-corrected chi connectivity index (χ0v) is 9.18. The number of aryl methyl sites for hydroxylation is 1. The molecule has 1 aromatic heterocycles. The van der Waals surface area contributed by atoms with Crippen LogP contribution in [0.4, 0.5) is 0 Å². The molecule has 0 fully saturated rings. The third-order valence-electron chi connectivity index (χ3n) is 2.85. The normalized spacial score (nSPS) is 13.6. The van der Waals surface area contributed by atoms with Crippen LogP contribution in [0.15, 0.2) is 24.4 Å². The van der Waals surface area contributed by atoms with Gasteiger partial charge in [-0.1, -0.05) is 17.3 Å². The lowest BCUT2D eigenvalue weighted by atomic mass is 10.1. The van der Waals surface area contributed by atoms with Gasteiger partial charge in [-0.05, 0) is 18.6 Å². The van der Waals surface area contributed by atoms with Crippen LogP contribution in [-0.4, -0.2) is 21.6 Å². The lowest BCUT2D eigenvalue weighted by Crippen LogP contribution is -1.93. The minimum absolute atomic E-state index is 0.772. The van der Waals surface area contributed by atoms with Crippen molar-refractivity contribution in [3.05, 3.63) is 30.0 Å². The summed E-state index contributed by atoms with van der Waals surface area (Å²) in [7, 11) is 0. The van der Waals surface area contributed by atoms with Gasteiger partial charge >= 0.3 is 0 Å². The predicted molar refractivity (Wildman–Crippen MR) is 60.3 cm³/mol. The van der Waals surface area contributed by atoms with Crippen molar-refractivity contribution in [2.24, 2.45) is 0 Å². The van der Waals surface area contributed by atoms with E-state index in [2.05, 4.69) is 16.4 Å². The Balaban J connectivity index is 2.09. The second kappa shape index (κ2) is 3.63. The Bertz CT molecular complexity index is 519. The summed E-state index contributed by atoms with van der Waals surface area (Å²) in [5.74, 6) is 0.977. The fourth-order valence-electron chi connectivity index (χ4n) is 1.99. The van der Waals surface area contributed by atoms with Gasteiger partial charge in [0.05, 0.1) is 12.8 Å². The third-order valence-corrected chi connectivity index (χ3v) is 2.85. The summed E-state index contributed by atoms with van der Waals surface area (Å²) in [5.41, 5.74) is 3.21. The molecule has 0 unspecified atom stereocenters. The number of hydrogen-bond acceptors (Lipinski definition) is 3. The summed E-state index contributed by atoms with van der Waals surface area (Å²) in [6, 6.07) is 6.19. The maximum Gasteiger partial charge on any atom is 0.132 e. The van der Waals surface area contributed by atoms with E-state index in [0.717, 1.165) is 36.6 Å². The maximum atomic E-state index is 5.65.